The second-order valence-electron chi connectivity index (χ2n) is 6.84. The van der Waals surface area contributed by atoms with Crippen LogP contribution in [-0.2, 0) is 20.8 Å². The van der Waals surface area contributed by atoms with Gasteiger partial charge in [-0.3, -0.25) is 14.4 Å². The minimum Gasteiger partial charge on any atom is -0.494 e. The van der Waals surface area contributed by atoms with Crippen LogP contribution >= 0.6 is 11.3 Å². The van der Waals surface area contributed by atoms with Gasteiger partial charge in [0.2, 0.25) is 5.76 Å². The van der Waals surface area contributed by atoms with Crippen molar-refractivity contribution in [2.24, 2.45) is 0 Å². The molecule has 0 unspecified atom stereocenters. The van der Waals surface area contributed by atoms with Crippen molar-refractivity contribution in [1.29, 1.82) is 0 Å². The molecule has 1 aromatic carbocycles. The molecule has 2 aromatic heterocycles. The fraction of sp³-hybridized carbons (Fsp3) is 0.381. The number of fused-ring (bicyclic) bond motifs is 1. The van der Waals surface area contributed by atoms with E-state index in [0.717, 1.165) is 21.6 Å². The van der Waals surface area contributed by atoms with Crippen LogP contribution in [0.2, 0.25) is 0 Å². The second kappa shape index (κ2) is 8.74. The van der Waals surface area contributed by atoms with Gasteiger partial charge in [0.15, 0.2) is 5.13 Å². The summed E-state index contributed by atoms with van der Waals surface area (Å²) in [4.78, 5) is 19.6. The van der Waals surface area contributed by atoms with E-state index in [0.29, 0.717) is 43.8 Å². The van der Waals surface area contributed by atoms with E-state index in [1.54, 1.807) is 4.90 Å². The van der Waals surface area contributed by atoms with Crippen LogP contribution in [0.5, 0.6) is 5.75 Å². The molecule has 0 saturated carbocycles. The van der Waals surface area contributed by atoms with Gasteiger partial charge in [-0.25, -0.2) is 4.98 Å². The number of benzene rings is 1. The predicted molar refractivity (Wildman–Crippen MR) is 115 cm³/mol. The van der Waals surface area contributed by atoms with Crippen LogP contribution in [0.15, 0.2) is 36.3 Å². The topological polar surface area (TPSA) is 78.7 Å². The van der Waals surface area contributed by atoms with Gasteiger partial charge in [0.1, 0.15) is 30.7 Å². The summed E-state index contributed by atoms with van der Waals surface area (Å²) >= 11 is 1.44. The molecule has 1 aliphatic heterocycles. The number of hydrogen-bond donors (Lipinski definition) is 0. The number of carbonyl (C=O) groups excluding carboxylic acids is 1. The number of amides is 1. The van der Waals surface area contributed by atoms with Crippen molar-refractivity contribution in [3.05, 3.63) is 47.7 Å². The third-order valence-electron chi connectivity index (χ3n) is 4.65. The van der Waals surface area contributed by atoms with Gasteiger partial charge < -0.3 is 14.2 Å². The lowest BCUT2D eigenvalue weighted by molar-refractivity contribution is -0.119. The lowest BCUT2D eigenvalue weighted by atomic mass is 10.3. The van der Waals surface area contributed by atoms with Crippen LogP contribution < -0.4 is 9.64 Å². The highest BCUT2D eigenvalue weighted by atomic mass is 32.1. The Balaban J connectivity index is 1.68. The van der Waals surface area contributed by atoms with E-state index >= 15 is 0 Å². The number of aromatic nitrogens is 3. The first-order valence-corrected chi connectivity index (χ1v) is 10.7. The number of carbonyl (C=O) groups is 1. The van der Waals surface area contributed by atoms with Gasteiger partial charge in [-0.05, 0) is 39.0 Å². The average molecular weight is 429 g/mol. The van der Waals surface area contributed by atoms with E-state index in [9.17, 15) is 4.79 Å². The quantitative estimate of drug-likeness (QED) is 0.574. The minimum absolute atomic E-state index is 0.180. The molecule has 9 heteroatoms. The molecule has 0 bridgehead atoms. The molecule has 158 valence electrons. The minimum atomic E-state index is -0.284. The lowest BCUT2D eigenvalue weighted by Crippen LogP contribution is -2.36. The van der Waals surface area contributed by atoms with Gasteiger partial charge in [0, 0.05) is 12.2 Å². The average Bonchev–Trinajstić information content (AvgIpc) is 3.32. The zero-order valence-electron chi connectivity index (χ0n) is 17.3. The standard InChI is InChI=1S/C21H24N4O4S/c1-4-28-16-6-5-7-18-19(16)22-21(30-18)24(20(26)17-13-27-10-11-29-17)8-9-25-15(3)12-14(2)23-25/h5-7,12-13H,4,8-11H2,1-3H3. The molecule has 1 amide bonds. The first-order chi connectivity index (χ1) is 14.6. The molecule has 0 spiro atoms. The normalized spacial score (nSPS) is 13.5. The summed E-state index contributed by atoms with van der Waals surface area (Å²) in [5.74, 6) is 0.604. The monoisotopic (exact) mass is 428 g/mol. The number of aryl methyl sites for hydroxylation is 2. The summed E-state index contributed by atoms with van der Waals surface area (Å²) in [6, 6.07) is 7.80. The first-order valence-electron chi connectivity index (χ1n) is 9.86. The van der Waals surface area contributed by atoms with Crippen LogP contribution in [0, 0.1) is 13.8 Å². The van der Waals surface area contributed by atoms with Crippen molar-refractivity contribution >= 4 is 32.6 Å². The number of hydrogen-bond acceptors (Lipinski definition) is 7. The Labute approximate surface area is 178 Å². The van der Waals surface area contributed by atoms with Crippen LogP contribution in [0.25, 0.3) is 10.2 Å². The van der Waals surface area contributed by atoms with E-state index in [4.69, 9.17) is 19.2 Å². The number of rotatable bonds is 7. The van der Waals surface area contributed by atoms with Crippen molar-refractivity contribution in [3.8, 4) is 5.75 Å². The van der Waals surface area contributed by atoms with E-state index in [1.807, 2.05) is 49.7 Å². The molecule has 3 heterocycles. The van der Waals surface area contributed by atoms with Crippen molar-refractivity contribution in [1.82, 2.24) is 14.8 Å². The molecule has 3 aromatic rings. The van der Waals surface area contributed by atoms with Gasteiger partial charge in [-0.2, -0.15) is 5.10 Å². The second-order valence-corrected chi connectivity index (χ2v) is 7.85. The van der Waals surface area contributed by atoms with Crippen LogP contribution in [0.1, 0.15) is 18.3 Å². The van der Waals surface area contributed by atoms with Gasteiger partial charge >= 0.3 is 0 Å². The Hall–Kier alpha value is -3.07. The molecule has 4 rings (SSSR count). The largest absolute Gasteiger partial charge is 0.494 e. The summed E-state index contributed by atoms with van der Waals surface area (Å²) in [5.41, 5.74) is 2.73. The van der Waals surface area contributed by atoms with Crippen molar-refractivity contribution in [3.63, 3.8) is 0 Å². The number of anilines is 1. The molecule has 0 saturated heterocycles. The zero-order chi connectivity index (χ0) is 21.1. The predicted octanol–water partition coefficient (Wildman–Crippen LogP) is 3.43. The molecule has 0 aliphatic carbocycles. The van der Waals surface area contributed by atoms with Crippen molar-refractivity contribution in [2.75, 3.05) is 31.3 Å². The number of nitrogens with zero attached hydrogens (tertiary/aromatic N) is 4. The molecular formula is C21H24N4O4S. The maximum atomic E-state index is 13.3. The SMILES string of the molecule is CCOc1cccc2sc(N(CCn3nc(C)cc3C)C(=O)C3=COCCO3)nc12. The zero-order valence-corrected chi connectivity index (χ0v) is 18.1. The summed E-state index contributed by atoms with van der Waals surface area (Å²) in [5, 5.41) is 5.08. The Kier molecular flexibility index (Phi) is 5.89. The van der Waals surface area contributed by atoms with Gasteiger partial charge in [0.05, 0.1) is 23.5 Å². The van der Waals surface area contributed by atoms with Gasteiger partial charge in [-0.1, -0.05) is 17.4 Å². The molecule has 0 radical (unpaired) electrons. The number of para-hydroxylation sites is 1. The molecule has 30 heavy (non-hydrogen) atoms. The summed E-state index contributed by atoms with van der Waals surface area (Å²) in [7, 11) is 0. The first kappa shape index (κ1) is 20.2. The highest BCUT2D eigenvalue weighted by Gasteiger charge is 2.27. The maximum Gasteiger partial charge on any atom is 0.298 e. The fourth-order valence-corrected chi connectivity index (χ4v) is 4.30. The molecule has 1 aliphatic rings. The number of thiazole rings is 1. The van der Waals surface area contributed by atoms with E-state index in [1.165, 1.54) is 17.6 Å². The summed E-state index contributed by atoms with van der Waals surface area (Å²) in [6.07, 6.45) is 1.38. The molecule has 0 N–H and O–H groups in total. The van der Waals surface area contributed by atoms with Crippen LogP contribution in [-0.4, -0.2) is 47.0 Å². The van der Waals surface area contributed by atoms with Crippen LogP contribution in [0.4, 0.5) is 5.13 Å². The van der Waals surface area contributed by atoms with Gasteiger partial charge in [-0.15, -0.1) is 0 Å². The van der Waals surface area contributed by atoms with Crippen molar-refractivity contribution < 1.29 is 19.0 Å². The highest BCUT2D eigenvalue weighted by molar-refractivity contribution is 7.22. The fourth-order valence-electron chi connectivity index (χ4n) is 3.29. The molecular weight excluding hydrogens is 404 g/mol. The lowest BCUT2D eigenvalue weighted by Gasteiger charge is -2.23. The maximum absolute atomic E-state index is 13.3. The molecule has 0 fully saturated rings. The summed E-state index contributed by atoms with van der Waals surface area (Å²) in [6.45, 7) is 8.14. The van der Waals surface area contributed by atoms with E-state index < -0.39 is 0 Å². The third-order valence-corrected chi connectivity index (χ3v) is 5.69. The van der Waals surface area contributed by atoms with E-state index in [-0.39, 0.29) is 11.7 Å². The third kappa shape index (κ3) is 4.11. The Morgan fingerprint density at radius 3 is 2.90 bits per heavy atom. The Bertz CT molecular complexity index is 1090. The smallest absolute Gasteiger partial charge is 0.298 e. The Morgan fingerprint density at radius 1 is 1.33 bits per heavy atom. The van der Waals surface area contributed by atoms with E-state index in [2.05, 4.69) is 5.10 Å². The summed E-state index contributed by atoms with van der Waals surface area (Å²) < 4.78 is 19.4. The molecule has 8 nitrogen and oxygen atoms in total. The Morgan fingerprint density at radius 2 is 2.20 bits per heavy atom. The van der Waals surface area contributed by atoms with Crippen LogP contribution in [0.3, 0.4) is 0 Å². The highest BCUT2D eigenvalue weighted by Crippen LogP contribution is 2.35. The van der Waals surface area contributed by atoms with Gasteiger partial charge in [0.25, 0.3) is 5.91 Å². The van der Waals surface area contributed by atoms with Crippen molar-refractivity contribution in [2.45, 2.75) is 27.3 Å². The number of ether oxygens (including phenoxy) is 3. The molecule has 0 atom stereocenters.